The number of hydrogen-bond acceptors (Lipinski definition) is 9. The Morgan fingerprint density at radius 2 is 2.05 bits per heavy atom. The molecule has 0 radical (unpaired) electrons. The van der Waals surface area contributed by atoms with Crippen molar-refractivity contribution in [1.82, 2.24) is 28.7 Å². The number of anilines is 2. The molecule has 4 aromatic heterocycles. The van der Waals surface area contributed by atoms with Crippen molar-refractivity contribution in [1.29, 1.82) is 0 Å². The number of hydrogen-bond donors (Lipinski definition) is 2. The topological polar surface area (TPSA) is 148 Å². The van der Waals surface area contributed by atoms with Gasteiger partial charge in [0.25, 0.3) is 0 Å². The number of nitrogens with one attached hydrogen (secondary N) is 1. The van der Waals surface area contributed by atoms with Gasteiger partial charge in [-0.05, 0) is 20.3 Å². The molecule has 5 rings (SSSR count). The molecule has 0 spiro atoms. The Labute approximate surface area is 213 Å². The normalized spacial score (nSPS) is 13.7. The van der Waals surface area contributed by atoms with Crippen LogP contribution in [0.3, 0.4) is 0 Å². The third-order valence-electron chi connectivity index (χ3n) is 6.30. The zero-order valence-electron chi connectivity index (χ0n) is 20.2. The number of aromatic carboxylic acids is 1. The molecular formula is C23H23FN8O4S. The summed E-state index contributed by atoms with van der Waals surface area (Å²) in [6, 6.07) is 1.80. The Bertz CT molecular complexity index is 1590. The van der Waals surface area contributed by atoms with E-state index in [1.165, 1.54) is 17.8 Å². The predicted octanol–water partition coefficient (Wildman–Crippen LogP) is 2.37. The minimum absolute atomic E-state index is 0.0298. The maximum atomic E-state index is 15.4. The van der Waals surface area contributed by atoms with Gasteiger partial charge in [-0.25, -0.2) is 19.2 Å². The van der Waals surface area contributed by atoms with Gasteiger partial charge in [-0.1, -0.05) is 6.92 Å². The summed E-state index contributed by atoms with van der Waals surface area (Å²) < 4.78 is 22.5. The van der Waals surface area contributed by atoms with Crippen molar-refractivity contribution in [3.63, 3.8) is 0 Å². The summed E-state index contributed by atoms with van der Waals surface area (Å²) >= 11 is 0.971. The van der Waals surface area contributed by atoms with Crippen LogP contribution < -0.4 is 15.6 Å². The SMILES string of the molecule is CCCn1nc(NC(=O)C2CN(c3nc4c(c(C)c3F)c(=O)c(C(=O)O)cn4-c3ncns3)C2)cc1C. The molecule has 0 atom stereocenters. The van der Waals surface area contributed by atoms with E-state index in [9.17, 15) is 19.5 Å². The van der Waals surface area contributed by atoms with Crippen molar-refractivity contribution in [3.8, 4) is 5.13 Å². The van der Waals surface area contributed by atoms with Crippen LogP contribution in [0.15, 0.2) is 23.4 Å². The maximum Gasteiger partial charge on any atom is 0.341 e. The van der Waals surface area contributed by atoms with Gasteiger partial charge in [-0.3, -0.25) is 18.8 Å². The molecule has 0 unspecified atom stereocenters. The lowest BCUT2D eigenvalue weighted by atomic mass is 9.98. The van der Waals surface area contributed by atoms with Gasteiger partial charge in [0.1, 0.15) is 11.9 Å². The Morgan fingerprint density at radius 3 is 2.70 bits per heavy atom. The third kappa shape index (κ3) is 4.22. The molecule has 0 aliphatic carbocycles. The van der Waals surface area contributed by atoms with Crippen molar-refractivity contribution in [2.24, 2.45) is 5.92 Å². The minimum atomic E-state index is -1.44. The predicted molar refractivity (Wildman–Crippen MR) is 134 cm³/mol. The quantitative estimate of drug-likeness (QED) is 0.370. The molecule has 1 aliphatic heterocycles. The van der Waals surface area contributed by atoms with E-state index in [4.69, 9.17) is 0 Å². The summed E-state index contributed by atoms with van der Waals surface area (Å²) in [7, 11) is 0. The van der Waals surface area contributed by atoms with E-state index in [2.05, 4.69) is 24.8 Å². The summed E-state index contributed by atoms with van der Waals surface area (Å²) in [5.41, 5.74) is -0.394. The van der Waals surface area contributed by atoms with Crippen LogP contribution in [0.2, 0.25) is 0 Å². The number of carboxylic acid groups (broad SMARTS) is 1. The van der Waals surface area contributed by atoms with Crippen molar-refractivity contribution in [2.45, 2.75) is 33.7 Å². The van der Waals surface area contributed by atoms with Gasteiger partial charge in [-0.2, -0.15) is 9.47 Å². The van der Waals surface area contributed by atoms with Crippen LogP contribution in [0.25, 0.3) is 16.2 Å². The van der Waals surface area contributed by atoms with Crippen LogP contribution in [-0.4, -0.2) is 58.8 Å². The first-order valence-electron chi connectivity index (χ1n) is 11.6. The molecule has 0 saturated carbocycles. The molecule has 4 aromatic rings. The fourth-order valence-electron chi connectivity index (χ4n) is 4.32. The summed E-state index contributed by atoms with van der Waals surface area (Å²) in [6.45, 7) is 6.54. The highest BCUT2D eigenvalue weighted by molar-refractivity contribution is 7.08. The second kappa shape index (κ2) is 9.35. The van der Waals surface area contributed by atoms with Gasteiger partial charge < -0.3 is 15.3 Å². The molecule has 2 N–H and O–H groups in total. The van der Waals surface area contributed by atoms with E-state index in [0.29, 0.717) is 5.82 Å². The van der Waals surface area contributed by atoms with E-state index in [0.717, 1.165) is 36.4 Å². The number of halogens is 1. The van der Waals surface area contributed by atoms with Crippen LogP contribution in [0.4, 0.5) is 16.0 Å². The second-order valence-electron chi connectivity index (χ2n) is 8.83. The molecule has 14 heteroatoms. The number of nitrogens with zero attached hydrogens (tertiary/aromatic N) is 7. The first-order valence-corrected chi connectivity index (χ1v) is 12.3. The average molecular weight is 527 g/mol. The van der Waals surface area contributed by atoms with Crippen LogP contribution in [0.5, 0.6) is 0 Å². The van der Waals surface area contributed by atoms with Gasteiger partial charge in [0.05, 0.1) is 11.3 Å². The zero-order valence-corrected chi connectivity index (χ0v) is 21.0. The van der Waals surface area contributed by atoms with Crippen LogP contribution in [-0.2, 0) is 11.3 Å². The first kappa shape index (κ1) is 24.5. The van der Waals surface area contributed by atoms with Crippen LogP contribution in [0.1, 0.15) is 35.0 Å². The van der Waals surface area contributed by atoms with E-state index >= 15 is 4.39 Å². The molecule has 0 aromatic carbocycles. The van der Waals surface area contributed by atoms with Crippen LogP contribution in [0, 0.1) is 25.6 Å². The van der Waals surface area contributed by atoms with Gasteiger partial charge in [0.15, 0.2) is 23.1 Å². The van der Waals surface area contributed by atoms with Crippen molar-refractivity contribution in [2.75, 3.05) is 23.3 Å². The van der Waals surface area contributed by atoms with Crippen molar-refractivity contribution in [3.05, 3.63) is 51.5 Å². The fraction of sp³-hybridized carbons (Fsp3) is 0.348. The maximum absolute atomic E-state index is 15.4. The number of carbonyl (C=O) groups excluding carboxylic acids is 1. The molecule has 192 valence electrons. The zero-order chi connectivity index (χ0) is 26.4. The van der Waals surface area contributed by atoms with E-state index < -0.39 is 28.7 Å². The summed E-state index contributed by atoms with van der Waals surface area (Å²) in [5, 5.41) is 16.9. The van der Waals surface area contributed by atoms with E-state index in [-0.39, 0.29) is 46.5 Å². The standard InChI is InChI=1S/C23H23FN8O4S/c1-4-5-32-11(2)6-15(29-32)27-21(34)13-7-30(8-13)20-17(24)12(3)16-18(33)14(22(35)36)9-31(19(16)28-20)23-25-10-26-37-23/h6,9-10,13H,4-5,7-8H2,1-3H3,(H,35,36)(H,27,29,34). The van der Waals surface area contributed by atoms with Gasteiger partial charge in [0.2, 0.25) is 16.5 Å². The molecule has 1 aliphatic rings. The number of carboxylic acids is 1. The molecule has 1 saturated heterocycles. The Morgan fingerprint density at radius 1 is 1.30 bits per heavy atom. The lowest BCUT2D eigenvalue weighted by molar-refractivity contribution is -0.120. The summed E-state index contributed by atoms with van der Waals surface area (Å²) in [5.74, 6) is -2.39. The number of amides is 1. The highest BCUT2D eigenvalue weighted by Crippen LogP contribution is 2.31. The Balaban J connectivity index is 1.45. The summed E-state index contributed by atoms with van der Waals surface area (Å²) in [4.78, 5) is 47.4. The monoisotopic (exact) mass is 526 g/mol. The lowest BCUT2D eigenvalue weighted by Gasteiger charge is -2.39. The fourth-order valence-corrected chi connectivity index (χ4v) is 4.83. The molecular weight excluding hydrogens is 503 g/mol. The highest BCUT2D eigenvalue weighted by atomic mass is 32.1. The lowest BCUT2D eigenvalue weighted by Crippen LogP contribution is -2.53. The van der Waals surface area contributed by atoms with Gasteiger partial charge in [-0.15, -0.1) is 0 Å². The number of pyridine rings is 2. The molecule has 1 amide bonds. The molecule has 5 heterocycles. The van der Waals surface area contributed by atoms with Crippen molar-refractivity contribution < 1.29 is 19.1 Å². The number of aryl methyl sites for hydroxylation is 3. The first-order chi connectivity index (χ1) is 17.7. The molecule has 0 bridgehead atoms. The Hall–Kier alpha value is -4.20. The smallest absolute Gasteiger partial charge is 0.341 e. The highest BCUT2D eigenvalue weighted by Gasteiger charge is 2.36. The third-order valence-corrected chi connectivity index (χ3v) is 6.97. The van der Waals surface area contributed by atoms with Gasteiger partial charge >= 0.3 is 5.97 Å². The summed E-state index contributed by atoms with van der Waals surface area (Å²) in [6.07, 6.45) is 3.32. The van der Waals surface area contributed by atoms with E-state index in [1.54, 1.807) is 11.0 Å². The van der Waals surface area contributed by atoms with Crippen molar-refractivity contribution >= 4 is 46.1 Å². The average Bonchev–Trinajstić information content (AvgIpc) is 3.46. The largest absolute Gasteiger partial charge is 0.477 e. The molecule has 1 fully saturated rings. The van der Waals surface area contributed by atoms with Crippen LogP contribution >= 0.6 is 11.5 Å². The number of fused-ring (bicyclic) bond motifs is 1. The number of carbonyl (C=O) groups is 2. The number of aromatic nitrogens is 6. The minimum Gasteiger partial charge on any atom is -0.477 e. The number of rotatable bonds is 7. The second-order valence-corrected chi connectivity index (χ2v) is 9.59. The van der Waals surface area contributed by atoms with E-state index in [1.807, 2.05) is 18.5 Å². The Kier molecular flexibility index (Phi) is 6.19. The van der Waals surface area contributed by atoms with Gasteiger partial charge in [0, 0.05) is 54.7 Å². The molecule has 12 nitrogen and oxygen atoms in total. The molecule has 37 heavy (non-hydrogen) atoms.